The number of nitrogens with zero attached hydrogens (tertiary/aromatic N) is 2. The van der Waals surface area contributed by atoms with E-state index in [-0.39, 0.29) is 10.9 Å². The Morgan fingerprint density at radius 1 is 1.12 bits per heavy atom. The lowest BCUT2D eigenvalue weighted by Gasteiger charge is -2.35. The van der Waals surface area contributed by atoms with E-state index in [4.69, 9.17) is 34.8 Å². The summed E-state index contributed by atoms with van der Waals surface area (Å²) >= 11 is 20.6. The smallest absolute Gasteiger partial charge is 0.264 e. The third kappa shape index (κ3) is 6.49. The van der Waals surface area contributed by atoms with Crippen molar-refractivity contribution < 1.29 is 8.42 Å². The van der Waals surface area contributed by atoms with Gasteiger partial charge in [0.15, 0.2) is 0 Å². The topological polar surface area (TPSA) is 40.6 Å². The van der Waals surface area contributed by atoms with Crippen LogP contribution in [-0.4, -0.2) is 51.0 Å². The highest BCUT2D eigenvalue weighted by Crippen LogP contribution is 2.35. The fourth-order valence-electron chi connectivity index (χ4n) is 4.19. The standard InChI is InChI=1S/C23H29Cl3N2O2S2/c1-17(11-13-27-12-3-4-18(15-27)16-31-2)28(23-14-20(25)7-10-22(23)26)32(29,30)21-8-5-19(24)6-9-21/h5-10,14,17-18H,3-4,11-13,15-16H2,1-2H3/t17?,18-/m1/s1. The van der Waals surface area contributed by atoms with Gasteiger partial charge in [-0.1, -0.05) is 34.8 Å². The molecule has 32 heavy (non-hydrogen) atoms. The van der Waals surface area contributed by atoms with Crippen LogP contribution in [-0.2, 0) is 10.0 Å². The van der Waals surface area contributed by atoms with Crippen molar-refractivity contribution in [2.24, 2.45) is 5.92 Å². The van der Waals surface area contributed by atoms with Crippen LogP contribution in [0.25, 0.3) is 0 Å². The van der Waals surface area contributed by atoms with Gasteiger partial charge < -0.3 is 4.90 Å². The van der Waals surface area contributed by atoms with Gasteiger partial charge in [-0.3, -0.25) is 4.31 Å². The van der Waals surface area contributed by atoms with Gasteiger partial charge in [0.2, 0.25) is 0 Å². The minimum absolute atomic E-state index is 0.169. The van der Waals surface area contributed by atoms with Crippen molar-refractivity contribution >= 4 is 62.3 Å². The average molecular weight is 536 g/mol. The first-order valence-corrected chi connectivity index (χ1v) is 14.7. The van der Waals surface area contributed by atoms with E-state index in [9.17, 15) is 8.42 Å². The van der Waals surface area contributed by atoms with Crippen LogP contribution in [0.5, 0.6) is 0 Å². The van der Waals surface area contributed by atoms with Gasteiger partial charge >= 0.3 is 0 Å². The van der Waals surface area contributed by atoms with E-state index in [0.29, 0.717) is 33.1 Å². The molecular weight excluding hydrogens is 507 g/mol. The maximum atomic E-state index is 13.7. The van der Waals surface area contributed by atoms with Gasteiger partial charge in [-0.2, -0.15) is 11.8 Å². The van der Waals surface area contributed by atoms with Gasteiger partial charge in [0.05, 0.1) is 15.6 Å². The van der Waals surface area contributed by atoms with Crippen molar-refractivity contribution in [3.63, 3.8) is 0 Å². The molecule has 1 heterocycles. The molecule has 0 radical (unpaired) electrons. The van der Waals surface area contributed by atoms with E-state index >= 15 is 0 Å². The Balaban J connectivity index is 1.87. The molecule has 0 bridgehead atoms. The summed E-state index contributed by atoms with van der Waals surface area (Å²) in [6.45, 7) is 4.87. The summed E-state index contributed by atoms with van der Waals surface area (Å²) < 4.78 is 28.8. The zero-order valence-corrected chi connectivity index (χ0v) is 22.2. The molecule has 1 unspecified atom stereocenters. The van der Waals surface area contributed by atoms with Crippen molar-refractivity contribution in [2.75, 3.05) is 35.9 Å². The number of thioether (sulfide) groups is 1. The second-order valence-electron chi connectivity index (χ2n) is 8.25. The first-order chi connectivity index (χ1) is 15.2. The molecule has 9 heteroatoms. The minimum Gasteiger partial charge on any atom is -0.303 e. The minimum atomic E-state index is -3.87. The van der Waals surface area contributed by atoms with Crippen LogP contribution < -0.4 is 4.31 Å². The summed E-state index contributed by atoms with van der Waals surface area (Å²) in [6.07, 6.45) is 5.28. The number of likely N-dealkylation sites (tertiary alicyclic amines) is 1. The number of hydrogen-bond donors (Lipinski definition) is 0. The number of piperidine rings is 1. The quantitative estimate of drug-likeness (QED) is 0.358. The molecule has 176 valence electrons. The Morgan fingerprint density at radius 2 is 1.81 bits per heavy atom. The monoisotopic (exact) mass is 534 g/mol. The number of halogens is 3. The van der Waals surface area contributed by atoms with Gasteiger partial charge in [0, 0.05) is 29.2 Å². The molecule has 1 aliphatic rings. The Bertz CT molecular complexity index is 1000. The molecule has 0 aromatic heterocycles. The van der Waals surface area contributed by atoms with Crippen molar-refractivity contribution in [2.45, 2.75) is 37.1 Å². The van der Waals surface area contributed by atoms with Crippen molar-refractivity contribution in [3.8, 4) is 0 Å². The van der Waals surface area contributed by atoms with Crippen LogP contribution in [0.2, 0.25) is 15.1 Å². The predicted molar refractivity (Wildman–Crippen MR) is 139 cm³/mol. The molecule has 1 saturated heterocycles. The Kier molecular flexibility index (Phi) is 9.48. The fourth-order valence-corrected chi connectivity index (χ4v) is 7.18. The lowest BCUT2D eigenvalue weighted by Crippen LogP contribution is -2.43. The number of hydrogen-bond acceptors (Lipinski definition) is 4. The maximum Gasteiger partial charge on any atom is 0.264 e. The largest absolute Gasteiger partial charge is 0.303 e. The molecule has 2 aromatic carbocycles. The van der Waals surface area contributed by atoms with Gasteiger partial charge in [-0.15, -0.1) is 0 Å². The first kappa shape index (κ1) is 26.0. The van der Waals surface area contributed by atoms with Crippen molar-refractivity contribution in [1.29, 1.82) is 0 Å². The SMILES string of the molecule is CSC[C@@H]1CCCN(CCC(C)N(c2cc(Cl)ccc2Cl)S(=O)(=O)c2ccc(Cl)cc2)C1. The number of anilines is 1. The molecule has 2 aromatic rings. The van der Waals surface area contributed by atoms with Crippen LogP contribution in [0.3, 0.4) is 0 Å². The highest BCUT2D eigenvalue weighted by Gasteiger charge is 2.32. The summed E-state index contributed by atoms with van der Waals surface area (Å²) in [5, 5.41) is 1.26. The molecule has 0 amide bonds. The van der Waals surface area contributed by atoms with Gasteiger partial charge in [-0.25, -0.2) is 8.42 Å². The summed E-state index contributed by atoms with van der Waals surface area (Å²) in [5.74, 6) is 1.87. The maximum absolute atomic E-state index is 13.7. The molecular formula is C23H29Cl3N2O2S2. The van der Waals surface area contributed by atoms with E-state index in [0.717, 1.165) is 19.6 Å². The summed E-state index contributed by atoms with van der Waals surface area (Å²) in [5.41, 5.74) is 0.389. The second-order valence-corrected chi connectivity index (χ2v) is 12.3. The predicted octanol–water partition coefficient (Wildman–Crippen LogP) is 6.70. The molecule has 0 N–H and O–H groups in total. The van der Waals surface area contributed by atoms with Crippen molar-refractivity contribution in [3.05, 3.63) is 57.5 Å². The third-order valence-electron chi connectivity index (χ3n) is 5.78. The van der Waals surface area contributed by atoms with E-state index in [1.54, 1.807) is 30.3 Å². The molecule has 0 saturated carbocycles. The van der Waals surface area contributed by atoms with E-state index < -0.39 is 10.0 Å². The molecule has 0 aliphatic carbocycles. The van der Waals surface area contributed by atoms with Crippen molar-refractivity contribution in [1.82, 2.24) is 4.90 Å². The zero-order chi connectivity index (χ0) is 23.3. The molecule has 1 aliphatic heterocycles. The molecule has 4 nitrogen and oxygen atoms in total. The van der Waals surface area contributed by atoms with E-state index in [1.807, 2.05) is 18.7 Å². The second kappa shape index (κ2) is 11.7. The van der Waals surface area contributed by atoms with Gasteiger partial charge in [0.1, 0.15) is 0 Å². The normalized spacial score (nSPS) is 18.5. The Labute approximate surface area is 211 Å². The number of benzene rings is 2. The average Bonchev–Trinajstić information content (AvgIpc) is 2.75. The van der Waals surface area contributed by atoms with Crippen LogP contribution >= 0.6 is 46.6 Å². The lowest BCUT2D eigenvalue weighted by atomic mass is 9.99. The third-order valence-corrected chi connectivity index (χ3v) is 9.34. The highest BCUT2D eigenvalue weighted by atomic mass is 35.5. The fraction of sp³-hybridized carbons (Fsp3) is 0.478. The van der Waals surface area contributed by atoms with Gasteiger partial charge in [-0.05, 0) is 93.1 Å². The number of rotatable bonds is 9. The van der Waals surface area contributed by atoms with Gasteiger partial charge in [0.25, 0.3) is 10.0 Å². The Morgan fingerprint density at radius 3 is 2.50 bits per heavy atom. The molecule has 2 atom stereocenters. The summed E-state index contributed by atoms with van der Waals surface area (Å²) in [7, 11) is -3.87. The van der Waals surface area contributed by atoms with E-state index in [2.05, 4.69) is 11.2 Å². The van der Waals surface area contributed by atoms with Crippen LogP contribution in [0.4, 0.5) is 5.69 Å². The molecule has 1 fully saturated rings. The van der Waals surface area contributed by atoms with Crippen LogP contribution in [0.15, 0.2) is 47.4 Å². The summed E-state index contributed by atoms with van der Waals surface area (Å²) in [6, 6.07) is 10.8. The Hall–Kier alpha value is -0.630. The number of sulfonamides is 1. The van der Waals surface area contributed by atoms with Crippen LogP contribution in [0, 0.1) is 5.92 Å². The summed E-state index contributed by atoms with van der Waals surface area (Å²) in [4.78, 5) is 2.62. The lowest BCUT2D eigenvalue weighted by molar-refractivity contribution is 0.182. The molecule has 0 spiro atoms. The zero-order valence-electron chi connectivity index (χ0n) is 18.3. The van der Waals surface area contributed by atoms with E-state index in [1.165, 1.54) is 35.0 Å². The first-order valence-electron chi connectivity index (χ1n) is 10.7. The van der Waals surface area contributed by atoms with Crippen LogP contribution in [0.1, 0.15) is 26.2 Å². The highest BCUT2D eigenvalue weighted by molar-refractivity contribution is 7.98. The molecule has 3 rings (SSSR count).